The zero-order chi connectivity index (χ0) is 22.9. The van der Waals surface area contributed by atoms with Gasteiger partial charge in [-0.05, 0) is 48.5 Å². The highest BCUT2D eigenvalue weighted by Gasteiger charge is 2.22. The Hall–Kier alpha value is -2.36. The maximum Gasteiger partial charge on any atom is 0.410 e. The summed E-state index contributed by atoms with van der Waals surface area (Å²) in [4.78, 5) is 35.1. The van der Waals surface area contributed by atoms with E-state index in [4.69, 9.17) is 9.47 Å². The lowest BCUT2D eigenvalue weighted by Crippen LogP contribution is -2.44. The van der Waals surface area contributed by atoms with Crippen molar-refractivity contribution in [3.05, 3.63) is 15.6 Å². The van der Waals surface area contributed by atoms with Crippen LogP contribution in [0.1, 0.15) is 68.0 Å². The van der Waals surface area contributed by atoms with Crippen LogP contribution in [0.25, 0.3) is 0 Å². The van der Waals surface area contributed by atoms with Crippen LogP contribution in [0.3, 0.4) is 0 Å². The number of nitrogens with zero attached hydrogens (tertiary/aromatic N) is 3. The zero-order valence-corrected chi connectivity index (χ0v) is 20.1. The number of aryl methyl sites for hydroxylation is 1. The van der Waals surface area contributed by atoms with E-state index in [1.807, 2.05) is 34.6 Å². The number of aliphatic imine (C=N–C) groups is 1. The molecular weight excluding hydrogens is 406 g/mol. The van der Waals surface area contributed by atoms with Gasteiger partial charge in [0.25, 0.3) is 0 Å². The molecule has 2 N–H and O–H groups in total. The molecule has 1 aromatic rings. The third kappa shape index (κ3) is 8.17. The minimum absolute atomic E-state index is 0.156. The first kappa shape index (κ1) is 25.7. The molecule has 0 bridgehead atoms. The number of aromatic nitrogens is 1. The van der Waals surface area contributed by atoms with Gasteiger partial charge in [-0.2, -0.15) is 0 Å². The van der Waals surface area contributed by atoms with E-state index < -0.39 is 5.60 Å². The van der Waals surface area contributed by atoms with Gasteiger partial charge in [-0.3, -0.25) is 4.99 Å². The minimum Gasteiger partial charge on any atom is -0.462 e. The van der Waals surface area contributed by atoms with Crippen molar-refractivity contribution < 1.29 is 19.1 Å². The van der Waals surface area contributed by atoms with E-state index in [0.29, 0.717) is 42.8 Å². The number of rotatable bonds is 8. The second-order valence-electron chi connectivity index (χ2n) is 7.61. The van der Waals surface area contributed by atoms with Gasteiger partial charge in [-0.25, -0.2) is 14.6 Å². The highest BCUT2D eigenvalue weighted by atomic mass is 32.1. The number of esters is 1. The van der Waals surface area contributed by atoms with E-state index in [1.165, 1.54) is 11.3 Å². The molecule has 10 heteroatoms. The van der Waals surface area contributed by atoms with Crippen LogP contribution >= 0.6 is 11.3 Å². The first-order valence-corrected chi connectivity index (χ1v) is 10.9. The third-order valence-electron chi connectivity index (χ3n) is 3.93. The van der Waals surface area contributed by atoms with Gasteiger partial charge < -0.3 is 25.0 Å². The fourth-order valence-electron chi connectivity index (χ4n) is 2.46. The molecular formula is C20H35N5O4S. The number of hydrogen-bond acceptors (Lipinski definition) is 7. The molecule has 0 aliphatic heterocycles. The molecule has 0 aliphatic rings. The number of ether oxygens (including phenoxy) is 2. The van der Waals surface area contributed by atoms with Gasteiger partial charge in [0.15, 0.2) is 5.96 Å². The van der Waals surface area contributed by atoms with E-state index in [9.17, 15) is 9.59 Å². The number of likely N-dealkylation sites (N-methyl/N-ethyl adjacent to an activating group) is 1. The normalized spacial score (nSPS) is 12.9. The summed E-state index contributed by atoms with van der Waals surface area (Å²) in [6.07, 6.45) is -0.340. The molecule has 170 valence electrons. The number of carbonyl (C=O) groups is 2. The molecule has 1 amide bonds. The van der Waals surface area contributed by atoms with Crippen LogP contribution in [0.5, 0.6) is 0 Å². The van der Waals surface area contributed by atoms with Crippen molar-refractivity contribution in [1.82, 2.24) is 20.5 Å². The van der Waals surface area contributed by atoms with Gasteiger partial charge in [0.05, 0.1) is 18.3 Å². The van der Waals surface area contributed by atoms with Crippen LogP contribution in [0.4, 0.5) is 4.79 Å². The van der Waals surface area contributed by atoms with Crippen molar-refractivity contribution in [3.8, 4) is 0 Å². The molecule has 1 unspecified atom stereocenters. The van der Waals surface area contributed by atoms with Crippen LogP contribution in [-0.2, 0) is 9.47 Å². The molecule has 1 atom stereocenters. The number of amides is 1. The first-order chi connectivity index (χ1) is 14.0. The van der Waals surface area contributed by atoms with Crippen molar-refractivity contribution in [2.45, 2.75) is 60.1 Å². The van der Waals surface area contributed by atoms with E-state index >= 15 is 0 Å². The maximum atomic E-state index is 12.2. The largest absolute Gasteiger partial charge is 0.462 e. The highest BCUT2D eigenvalue weighted by Crippen LogP contribution is 2.24. The van der Waals surface area contributed by atoms with Gasteiger partial charge in [0.2, 0.25) is 0 Å². The van der Waals surface area contributed by atoms with E-state index in [-0.39, 0.29) is 18.1 Å². The molecule has 0 saturated carbocycles. The zero-order valence-electron chi connectivity index (χ0n) is 19.3. The summed E-state index contributed by atoms with van der Waals surface area (Å²) in [5.74, 6) is 0.225. The van der Waals surface area contributed by atoms with Crippen LogP contribution in [0.2, 0.25) is 0 Å². The smallest absolute Gasteiger partial charge is 0.410 e. The number of hydrogen-bond donors (Lipinski definition) is 2. The first-order valence-electron chi connectivity index (χ1n) is 10.1. The Labute approximate surface area is 183 Å². The minimum atomic E-state index is -0.529. The standard InChI is InChI=1S/C20H35N5O4S/c1-9-25(19(27)29-20(5,6)7)12-11-22-18(21-8)24-14(4)16-23-13(3)15(30-16)17(26)28-10-2/h14H,9-12H2,1-8H3,(H2,21,22,24). The molecule has 0 fully saturated rings. The van der Waals surface area contributed by atoms with Crippen LogP contribution in [0.15, 0.2) is 4.99 Å². The third-order valence-corrected chi connectivity index (χ3v) is 5.25. The monoisotopic (exact) mass is 441 g/mol. The summed E-state index contributed by atoms with van der Waals surface area (Å²) in [5.41, 5.74) is 0.125. The van der Waals surface area contributed by atoms with Crippen molar-refractivity contribution in [2.75, 3.05) is 33.3 Å². The number of guanidine groups is 1. The molecule has 0 saturated heterocycles. The Morgan fingerprint density at radius 2 is 1.97 bits per heavy atom. The second kappa shape index (κ2) is 11.7. The second-order valence-corrected chi connectivity index (χ2v) is 8.64. The lowest BCUT2D eigenvalue weighted by atomic mass is 10.2. The number of thiazole rings is 1. The summed E-state index contributed by atoms with van der Waals surface area (Å²) in [7, 11) is 1.67. The van der Waals surface area contributed by atoms with Crippen LogP contribution in [0, 0.1) is 6.92 Å². The molecule has 30 heavy (non-hydrogen) atoms. The maximum absolute atomic E-state index is 12.2. The number of nitrogens with one attached hydrogen (secondary N) is 2. The van der Waals surface area contributed by atoms with E-state index in [2.05, 4.69) is 20.6 Å². The predicted octanol–water partition coefficient (Wildman–Crippen LogP) is 3.11. The molecule has 0 spiro atoms. The summed E-state index contributed by atoms with van der Waals surface area (Å²) in [5, 5.41) is 7.21. The van der Waals surface area contributed by atoms with E-state index in [0.717, 1.165) is 5.01 Å². The van der Waals surface area contributed by atoms with Gasteiger partial charge >= 0.3 is 12.1 Å². The molecule has 0 aromatic carbocycles. The predicted molar refractivity (Wildman–Crippen MR) is 119 cm³/mol. The summed E-state index contributed by atoms with van der Waals surface area (Å²) in [6, 6.07) is -0.156. The lowest BCUT2D eigenvalue weighted by Gasteiger charge is -2.27. The topological polar surface area (TPSA) is 105 Å². The van der Waals surface area contributed by atoms with Crippen molar-refractivity contribution in [2.24, 2.45) is 4.99 Å². The summed E-state index contributed by atoms with van der Waals surface area (Å²) in [6.45, 7) is 14.8. The van der Waals surface area contributed by atoms with Crippen LogP contribution in [-0.4, -0.2) is 66.8 Å². The Bertz CT molecular complexity index is 742. The Kier molecular flexibility index (Phi) is 10.0. The van der Waals surface area contributed by atoms with Gasteiger partial charge in [0.1, 0.15) is 15.5 Å². The average Bonchev–Trinajstić information content (AvgIpc) is 3.04. The summed E-state index contributed by atoms with van der Waals surface area (Å²) >= 11 is 1.31. The van der Waals surface area contributed by atoms with Gasteiger partial charge in [0, 0.05) is 26.7 Å². The number of carbonyl (C=O) groups excluding carboxylic acids is 2. The SMILES string of the molecule is CCOC(=O)c1sc(C(C)NC(=NC)NCCN(CC)C(=O)OC(C)(C)C)nc1C. The van der Waals surface area contributed by atoms with Crippen molar-refractivity contribution in [1.29, 1.82) is 0 Å². The van der Waals surface area contributed by atoms with Crippen molar-refractivity contribution in [3.63, 3.8) is 0 Å². The van der Waals surface area contributed by atoms with Crippen LogP contribution < -0.4 is 10.6 Å². The lowest BCUT2D eigenvalue weighted by molar-refractivity contribution is 0.0263. The summed E-state index contributed by atoms with van der Waals surface area (Å²) < 4.78 is 10.5. The van der Waals surface area contributed by atoms with Gasteiger partial charge in [-0.15, -0.1) is 11.3 Å². The quantitative estimate of drug-likeness (QED) is 0.363. The highest BCUT2D eigenvalue weighted by molar-refractivity contribution is 7.13. The fraction of sp³-hybridized carbons (Fsp3) is 0.700. The fourth-order valence-corrected chi connectivity index (χ4v) is 3.43. The Morgan fingerprint density at radius 3 is 2.50 bits per heavy atom. The molecule has 1 aromatic heterocycles. The molecule has 0 radical (unpaired) electrons. The Balaban J connectivity index is 2.63. The average molecular weight is 442 g/mol. The Morgan fingerprint density at radius 1 is 1.30 bits per heavy atom. The molecule has 9 nitrogen and oxygen atoms in total. The van der Waals surface area contributed by atoms with Crippen molar-refractivity contribution >= 4 is 29.4 Å². The molecule has 1 heterocycles. The van der Waals surface area contributed by atoms with E-state index in [1.54, 1.807) is 25.8 Å². The van der Waals surface area contributed by atoms with Gasteiger partial charge in [-0.1, -0.05) is 0 Å². The molecule has 0 aliphatic carbocycles. The molecule has 1 rings (SSSR count).